The van der Waals surface area contributed by atoms with Crippen LogP contribution in [0.25, 0.3) is 0 Å². The predicted octanol–water partition coefficient (Wildman–Crippen LogP) is 4.25. The van der Waals surface area contributed by atoms with Gasteiger partial charge in [0.2, 0.25) is 0 Å². The summed E-state index contributed by atoms with van der Waals surface area (Å²) >= 11 is 11.5. The first kappa shape index (κ1) is 21.4. The van der Waals surface area contributed by atoms with Gasteiger partial charge in [0.1, 0.15) is 8.64 Å². The summed E-state index contributed by atoms with van der Waals surface area (Å²) in [7, 11) is 7.64. The van der Waals surface area contributed by atoms with Crippen molar-refractivity contribution in [3.63, 3.8) is 0 Å². The maximum absolute atomic E-state index is 10.3. The standard InChI is InChI=1S/C12H16O.C6H12N2S3/c13-12(9-5-2-6-10-12)11-7-3-1-4-8-11;1-7(2)5(9)11-6(10)8(3)4/h1,3-4,7-8,13H,2,5-6,9-10H2;1-4H3. The molecule has 0 aromatic heterocycles. The zero-order valence-corrected chi connectivity index (χ0v) is 17.4. The Morgan fingerprint density at radius 1 is 0.917 bits per heavy atom. The summed E-state index contributed by atoms with van der Waals surface area (Å²) in [5.41, 5.74) is 0.564. The molecule has 0 radical (unpaired) electrons. The molecule has 1 aliphatic rings. The molecule has 1 fully saturated rings. The Morgan fingerprint density at radius 2 is 1.38 bits per heavy atom. The average molecular weight is 385 g/mol. The van der Waals surface area contributed by atoms with Gasteiger partial charge in [0, 0.05) is 28.2 Å². The van der Waals surface area contributed by atoms with Crippen LogP contribution in [0.3, 0.4) is 0 Å². The van der Waals surface area contributed by atoms with Crippen molar-refractivity contribution in [2.75, 3.05) is 28.2 Å². The van der Waals surface area contributed by atoms with Crippen molar-refractivity contribution in [3.8, 4) is 0 Å². The van der Waals surface area contributed by atoms with Gasteiger partial charge in [-0.2, -0.15) is 0 Å². The van der Waals surface area contributed by atoms with E-state index in [0.29, 0.717) is 0 Å². The molecule has 2 rings (SSSR count). The molecule has 0 saturated heterocycles. The van der Waals surface area contributed by atoms with Crippen molar-refractivity contribution in [1.29, 1.82) is 0 Å². The van der Waals surface area contributed by atoms with E-state index in [1.165, 1.54) is 18.2 Å². The van der Waals surface area contributed by atoms with E-state index in [-0.39, 0.29) is 0 Å². The molecule has 0 bridgehead atoms. The number of aliphatic hydroxyl groups is 1. The van der Waals surface area contributed by atoms with Gasteiger partial charge < -0.3 is 14.9 Å². The summed E-state index contributed by atoms with van der Waals surface area (Å²) in [6.07, 6.45) is 5.44. The monoisotopic (exact) mass is 384 g/mol. The summed E-state index contributed by atoms with van der Waals surface area (Å²) in [4.78, 5) is 3.74. The van der Waals surface area contributed by atoms with Crippen LogP contribution in [0, 0.1) is 0 Å². The highest BCUT2D eigenvalue weighted by Gasteiger charge is 2.30. The van der Waals surface area contributed by atoms with E-state index in [4.69, 9.17) is 24.4 Å². The molecule has 0 atom stereocenters. The zero-order chi connectivity index (χ0) is 18.2. The fraction of sp³-hybridized carbons (Fsp3) is 0.556. The SMILES string of the molecule is CN(C)C(=S)SC(=S)N(C)C.OC1(c2ccccc2)CCCCC1. The maximum Gasteiger partial charge on any atom is 0.142 e. The molecule has 3 nitrogen and oxygen atoms in total. The van der Waals surface area contributed by atoms with E-state index in [0.717, 1.165) is 39.9 Å². The molecule has 24 heavy (non-hydrogen) atoms. The second-order valence-electron chi connectivity index (χ2n) is 6.38. The quantitative estimate of drug-likeness (QED) is 0.727. The lowest BCUT2D eigenvalue weighted by Gasteiger charge is -2.32. The van der Waals surface area contributed by atoms with Gasteiger partial charge in [0.25, 0.3) is 0 Å². The first-order valence-corrected chi connectivity index (χ1v) is 9.78. The lowest BCUT2D eigenvalue weighted by Crippen LogP contribution is -2.28. The minimum Gasteiger partial charge on any atom is -0.385 e. The number of hydrogen-bond donors (Lipinski definition) is 1. The maximum atomic E-state index is 10.3. The molecular weight excluding hydrogens is 356 g/mol. The zero-order valence-electron chi connectivity index (χ0n) is 15.0. The van der Waals surface area contributed by atoms with Crippen LogP contribution < -0.4 is 0 Å². The third-order valence-corrected chi connectivity index (χ3v) is 6.21. The molecule has 1 aromatic carbocycles. The highest BCUT2D eigenvalue weighted by molar-refractivity contribution is 8.37. The van der Waals surface area contributed by atoms with Crippen LogP contribution in [-0.4, -0.2) is 51.7 Å². The molecule has 0 aliphatic heterocycles. The summed E-state index contributed by atoms with van der Waals surface area (Å²) < 4.78 is 1.59. The molecule has 1 aliphatic carbocycles. The Labute approximate surface area is 161 Å². The molecule has 1 N–H and O–H groups in total. The molecule has 1 saturated carbocycles. The Kier molecular flexibility index (Phi) is 9.19. The van der Waals surface area contributed by atoms with Crippen molar-refractivity contribution in [2.45, 2.75) is 37.7 Å². The van der Waals surface area contributed by atoms with Gasteiger partial charge >= 0.3 is 0 Å². The summed E-state index contributed by atoms with van der Waals surface area (Å²) in [6.45, 7) is 0. The molecule has 0 unspecified atom stereocenters. The summed E-state index contributed by atoms with van der Waals surface area (Å²) in [5, 5.41) is 10.3. The second-order valence-corrected chi connectivity index (χ2v) is 8.65. The van der Waals surface area contributed by atoms with Crippen molar-refractivity contribution < 1.29 is 5.11 Å². The number of rotatable bonds is 1. The highest BCUT2D eigenvalue weighted by atomic mass is 32.2. The Bertz CT molecular complexity index is 508. The van der Waals surface area contributed by atoms with Crippen LogP contribution in [0.5, 0.6) is 0 Å². The molecule has 1 aromatic rings. The number of nitrogens with zero attached hydrogens (tertiary/aromatic N) is 2. The first-order chi connectivity index (χ1) is 11.3. The van der Waals surface area contributed by atoms with Crippen LogP contribution in [0.4, 0.5) is 0 Å². The molecular formula is C18H28N2OS3. The van der Waals surface area contributed by atoms with Gasteiger partial charge in [-0.05, 0) is 30.2 Å². The Morgan fingerprint density at radius 3 is 1.79 bits per heavy atom. The number of thioether (sulfide) groups is 1. The van der Waals surface area contributed by atoms with E-state index >= 15 is 0 Å². The smallest absolute Gasteiger partial charge is 0.142 e. The molecule has 134 valence electrons. The molecule has 0 spiro atoms. The van der Waals surface area contributed by atoms with Crippen molar-refractivity contribution in [2.24, 2.45) is 0 Å². The van der Waals surface area contributed by atoms with Crippen molar-refractivity contribution >= 4 is 44.8 Å². The largest absolute Gasteiger partial charge is 0.385 e. The number of benzene rings is 1. The normalized spacial score (nSPS) is 15.7. The number of thiocarbonyl (C=S) groups is 2. The Balaban J connectivity index is 0.000000245. The van der Waals surface area contributed by atoms with E-state index in [2.05, 4.69) is 0 Å². The molecule has 0 amide bonds. The third kappa shape index (κ3) is 7.05. The molecule has 0 heterocycles. The van der Waals surface area contributed by atoms with Crippen LogP contribution in [0.1, 0.15) is 37.7 Å². The van der Waals surface area contributed by atoms with Gasteiger partial charge in [-0.3, -0.25) is 0 Å². The van der Waals surface area contributed by atoms with Crippen LogP contribution in [-0.2, 0) is 5.60 Å². The lowest BCUT2D eigenvalue weighted by molar-refractivity contribution is -0.000623. The van der Waals surface area contributed by atoms with Gasteiger partial charge in [-0.15, -0.1) is 0 Å². The van der Waals surface area contributed by atoms with Crippen LogP contribution in [0.15, 0.2) is 30.3 Å². The minimum absolute atomic E-state index is 0.528. The van der Waals surface area contributed by atoms with Gasteiger partial charge in [0.05, 0.1) is 5.60 Å². The predicted molar refractivity (Wildman–Crippen MR) is 114 cm³/mol. The third-order valence-electron chi connectivity index (χ3n) is 3.90. The minimum atomic E-state index is -0.528. The van der Waals surface area contributed by atoms with Crippen molar-refractivity contribution in [3.05, 3.63) is 35.9 Å². The molecule has 6 heteroatoms. The van der Waals surface area contributed by atoms with Gasteiger partial charge in [-0.1, -0.05) is 74.0 Å². The fourth-order valence-electron chi connectivity index (χ4n) is 2.43. The van der Waals surface area contributed by atoms with Crippen LogP contribution >= 0.6 is 36.2 Å². The van der Waals surface area contributed by atoms with E-state index in [1.54, 1.807) is 0 Å². The first-order valence-electron chi connectivity index (χ1n) is 8.14. The topological polar surface area (TPSA) is 26.7 Å². The average Bonchev–Trinajstić information content (AvgIpc) is 2.56. The fourth-order valence-corrected chi connectivity index (χ4v) is 3.58. The summed E-state index contributed by atoms with van der Waals surface area (Å²) in [6, 6.07) is 10.1. The van der Waals surface area contributed by atoms with E-state index < -0.39 is 5.60 Å². The van der Waals surface area contributed by atoms with Gasteiger partial charge in [-0.25, -0.2) is 0 Å². The Hall–Kier alpha value is -0.690. The van der Waals surface area contributed by atoms with Crippen molar-refractivity contribution in [1.82, 2.24) is 9.80 Å². The van der Waals surface area contributed by atoms with E-state index in [1.807, 2.05) is 68.3 Å². The highest BCUT2D eigenvalue weighted by Crippen LogP contribution is 2.36. The lowest BCUT2D eigenvalue weighted by atomic mass is 9.80. The summed E-state index contributed by atoms with van der Waals surface area (Å²) in [5.74, 6) is 0. The van der Waals surface area contributed by atoms with Gasteiger partial charge in [0.15, 0.2) is 0 Å². The second kappa shape index (κ2) is 10.3. The number of hydrogen-bond acceptors (Lipinski definition) is 4. The van der Waals surface area contributed by atoms with E-state index in [9.17, 15) is 5.11 Å². The van der Waals surface area contributed by atoms with Crippen LogP contribution in [0.2, 0.25) is 0 Å².